The highest BCUT2D eigenvalue weighted by Gasteiger charge is 2.26. The summed E-state index contributed by atoms with van der Waals surface area (Å²) in [4.78, 5) is 14.2. The van der Waals surface area contributed by atoms with E-state index in [1.807, 2.05) is 61.2 Å². The number of para-hydroxylation sites is 1. The van der Waals surface area contributed by atoms with Crippen LogP contribution in [0.5, 0.6) is 5.75 Å². The van der Waals surface area contributed by atoms with E-state index < -0.39 is 0 Å². The summed E-state index contributed by atoms with van der Waals surface area (Å²) >= 11 is 0. The molecular formula is C20H21NO4. The van der Waals surface area contributed by atoms with Crippen LogP contribution in [0.4, 0.5) is 0 Å². The average molecular weight is 339 g/mol. The molecule has 1 aliphatic heterocycles. The third-order valence-corrected chi connectivity index (χ3v) is 4.48. The van der Waals surface area contributed by atoms with Gasteiger partial charge in [0.05, 0.1) is 12.2 Å². The summed E-state index contributed by atoms with van der Waals surface area (Å²) in [5.41, 5.74) is 1.66. The van der Waals surface area contributed by atoms with Gasteiger partial charge in [0.1, 0.15) is 16.9 Å². The second kappa shape index (κ2) is 6.41. The maximum Gasteiger partial charge on any atom is 0.260 e. The molecular weight excluding hydrogens is 318 g/mol. The Morgan fingerprint density at radius 1 is 1.08 bits per heavy atom. The monoisotopic (exact) mass is 339 g/mol. The Labute approximate surface area is 146 Å². The minimum atomic E-state index is -0.0147. The zero-order valence-corrected chi connectivity index (χ0v) is 14.4. The van der Waals surface area contributed by atoms with E-state index in [1.54, 1.807) is 0 Å². The van der Waals surface area contributed by atoms with Gasteiger partial charge in [0.25, 0.3) is 5.91 Å². The molecule has 0 radical (unpaired) electrons. The molecule has 5 heteroatoms. The minimum Gasteiger partial charge on any atom is -0.484 e. The van der Waals surface area contributed by atoms with Crippen molar-refractivity contribution < 1.29 is 18.7 Å². The van der Waals surface area contributed by atoms with Crippen LogP contribution < -0.4 is 4.74 Å². The Kier molecular flexibility index (Phi) is 4.09. The summed E-state index contributed by atoms with van der Waals surface area (Å²) in [5, 5.41) is 2.04. The first-order valence-corrected chi connectivity index (χ1v) is 8.57. The molecule has 2 aromatic carbocycles. The Balaban J connectivity index is 1.49. The number of benzene rings is 2. The molecule has 0 spiro atoms. The van der Waals surface area contributed by atoms with Gasteiger partial charge in [-0.15, -0.1) is 0 Å². The van der Waals surface area contributed by atoms with Crippen LogP contribution in [0.25, 0.3) is 21.9 Å². The molecule has 0 N–H and O–H groups in total. The molecule has 0 bridgehead atoms. The standard InChI is InChI=1S/C20H21NO4/c1-13-10-21(11-14(2)24-13)20(22)12-23-15-7-8-19-17(9-15)16-5-3-4-6-18(16)25-19/h3-9,13-14H,10-12H2,1-2H3/t13-,14-/m0/s1. The van der Waals surface area contributed by atoms with Crippen molar-refractivity contribution in [2.24, 2.45) is 0 Å². The fourth-order valence-corrected chi connectivity index (χ4v) is 3.41. The van der Waals surface area contributed by atoms with Gasteiger partial charge in [0.2, 0.25) is 0 Å². The quantitative estimate of drug-likeness (QED) is 0.732. The minimum absolute atomic E-state index is 0.0147. The van der Waals surface area contributed by atoms with Crippen molar-refractivity contribution >= 4 is 27.8 Å². The van der Waals surface area contributed by atoms with Crippen LogP contribution in [0.3, 0.4) is 0 Å². The number of ether oxygens (including phenoxy) is 2. The lowest BCUT2D eigenvalue weighted by molar-refractivity contribution is -0.145. The third-order valence-electron chi connectivity index (χ3n) is 4.48. The molecule has 25 heavy (non-hydrogen) atoms. The second-order valence-corrected chi connectivity index (χ2v) is 6.60. The Bertz CT molecular complexity index is 906. The van der Waals surface area contributed by atoms with Gasteiger partial charge in [0.15, 0.2) is 6.61 Å². The van der Waals surface area contributed by atoms with Gasteiger partial charge in [-0.25, -0.2) is 0 Å². The molecule has 1 fully saturated rings. The van der Waals surface area contributed by atoms with E-state index in [9.17, 15) is 4.79 Å². The van der Waals surface area contributed by atoms with Gasteiger partial charge in [-0.05, 0) is 38.1 Å². The molecule has 5 nitrogen and oxygen atoms in total. The van der Waals surface area contributed by atoms with Crippen molar-refractivity contribution in [1.82, 2.24) is 4.90 Å². The van der Waals surface area contributed by atoms with Crippen LogP contribution in [0.15, 0.2) is 46.9 Å². The van der Waals surface area contributed by atoms with Crippen molar-refractivity contribution in [1.29, 1.82) is 0 Å². The fourth-order valence-electron chi connectivity index (χ4n) is 3.41. The Morgan fingerprint density at radius 3 is 2.60 bits per heavy atom. The van der Waals surface area contributed by atoms with E-state index in [1.165, 1.54) is 0 Å². The molecule has 2 heterocycles. The van der Waals surface area contributed by atoms with Crippen molar-refractivity contribution in [3.8, 4) is 5.75 Å². The molecule has 1 saturated heterocycles. The predicted octanol–water partition coefficient (Wildman–Crippen LogP) is 3.60. The summed E-state index contributed by atoms with van der Waals surface area (Å²) in [6.45, 7) is 5.21. The summed E-state index contributed by atoms with van der Waals surface area (Å²) in [6.07, 6.45) is 0.114. The molecule has 1 aromatic heterocycles. The number of nitrogens with zero attached hydrogens (tertiary/aromatic N) is 1. The first-order valence-electron chi connectivity index (χ1n) is 8.57. The average Bonchev–Trinajstić information content (AvgIpc) is 2.97. The summed E-state index contributed by atoms with van der Waals surface area (Å²) in [7, 11) is 0. The van der Waals surface area contributed by atoms with Gasteiger partial charge in [-0.1, -0.05) is 18.2 Å². The van der Waals surface area contributed by atoms with Crippen LogP contribution in [0.1, 0.15) is 13.8 Å². The number of hydrogen-bond donors (Lipinski definition) is 0. The number of fused-ring (bicyclic) bond motifs is 3. The number of carbonyl (C=O) groups is 1. The zero-order valence-electron chi connectivity index (χ0n) is 14.4. The highest BCUT2D eigenvalue weighted by molar-refractivity contribution is 6.05. The number of carbonyl (C=O) groups excluding carboxylic acids is 1. The summed E-state index contributed by atoms with van der Waals surface area (Å²) in [5.74, 6) is 0.654. The van der Waals surface area contributed by atoms with Crippen LogP contribution >= 0.6 is 0 Å². The maximum atomic E-state index is 12.4. The maximum absolute atomic E-state index is 12.4. The summed E-state index contributed by atoms with van der Waals surface area (Å²) in [6, 6.07) is 13.5. The van der Waals surface area contributed by atoms with Crippen molar-refractivity contribution in [3.63, 3.8) is 0 Å². The number of morpholine rings is 1. The lowest BCUT2D eigenvalue weighted by atomic mass is 10.1. The SMILES string of the molecule is C[C@H]1CN(C(=O)COc2ccc3oc4ccccc4c3c2)C[C@H](C)O1. The van der Waals surface area contributed by atoms with Crippen LogP contribution in [0, 0.1) is 0 Å². The lowest BCUT2D eigenvalue weighted by Crippen LogP contribution is -2.49. The van der Waals surface area contributed by atoms with Gasteiger partial charge in [-0.2, -0.15) is 0 Å². The smallest absolute Gasteiger partial charge is 0.260 e. The predicted molar refractivity (Wildman–Crippen MR) is 95.8 cm³/mol. The van der Waals surface area contributed by atoms with Gasteiger partial charge < -0.3 is 18.8 Å². The molecule has 130 valence electrons. The molecule has 0 aliphatic carbocycles. The van der Waals surface area contributed by atoms with Crippen molar-refractivity contribution in [2.45, 2.75) is 26.1 Å². The van der Waals surface area contributed by atoms with Gasteiger partial charge in [0, 0.05) is 23.9 Å². The summed E-state index contributed by atoms with van der Waals surface area (Å²) < 4.78 is 17.2. The molecule has 2 atom stereocenters. The van der Waals surface area contributed by atoms with Crippen LogP contribution in [-0.2, 0) is 9.53 Å². The topological polar surface area (TPSA) is 51.9 Å². The van der Waals surface area contributed by atoms with Crippen molar-refractivity contribution in [3.05, 3.63) is 42.5 Å². The molecule has 4 rings (SSSR count). The van der Waals surface area contributed by atoms with Crippen LogP contribution in [-0.4, -0.2) is 42.7 Å². The zero-order chi connectivity index (χ0) is 17.4. The first kappa shape index (κ1) is 16.0. The number of hydrogen-bond acceptors (Lipinski definition) is 4. The fraction of sp³-hybridized carbons (Fsp3) is 0.350. The van der Waals surface area contributed by atoms with Crippen LogP contribution in [0.2, 0.25) is 0 Å². The molecule has 1 amide bonds. The lowest BCUT2D eigenvalue weighted by Gasteiger charge is -2.35. The normalized spacial score (nSPS) is 21.0. The second-order valence-electron chi connectivity index (χ2n) is 6.60. The highest BCUT2D eigenvalue weighted by atomic mass is 16.5. The highest BCUT2D eigenvalue weighted by Crippen LogP contribution is 2.31. The largest absolute Gasteiger partial charge is 0.484 e. The Hall–Kier alpha value is -2.53. The van der Waals surface area contributed by atoms with E-state index in [2.05, 4.69) is 0 Å². The Morgan fingerprint density at radius 2 is 1.80 bits per heavy atom. The molecule has 3 aromatic rings. The van der Waals surface area contributed by atoms with E-state index >= 15 is 0 Å². The van der Waals surface area contributed by atoms with E-state index in [0.29, 0.717) is 18.8 Å². The van der Waals surface area contributed by atoms with E-state index in [4.69, 9.17) is 13.9 Å². The number of amides is 1. The number of rotatable bonds is 3. The van der Waals surface area contributed by atoms with Gasteiger partial charge >= 0.3 is 0 Å². The molecule has 0 saturated carbocycles. The van der Waals surface area contributed by atoms with Crippen molar-refractivity contribution in [2.75, 3.05) is 19.7 Å². The van der Waals surface area contributed by atoms with E-state index in [-0.39, 0.29) is 24.7 Å². The van der Waals surface area contributed by atoms with E-state index in [0.717, 1.165) is 21.9 Å². The van der Waals surface area contributed by atoms with Gasteiger partial charge in [-0.3, -0.25) is 4.79 Å². The third kappa shape index (κ3) is 3.20. The molecule has 0 unspecified atom stereocenters. The molecule has 1 aliphatic rings. The first-order chi connectivity index (χ1) is 12.1. The number of furan rings is 1.